The zero-order valence-electron chi connectivity index (χ0n) is 19.9. The topological polar surface area (TPSA) is 119 Å². The quantitative estimate of drug-likeness (QED) is 0.389. The van der Waals surface area contributed by atoms with Crippen molar-refractivity contribution >= 4 is 64.0 Å². The van der Waals surface area contributed by atoms with Gasteiger partial charge in [-0.15, -0.1) is 23.7 Å². The Morgan fingerprint density at radius 1 is 1.08 bits per heavy atom. The van der Waals surface area contributed by atoms with Crippen LogP contribution in [0.4, 0.5) is 0 Å². The second kappa shape index (κ2) is 10.8. The molecule has 1 fully saturated rings. The van der Waals surface area contributed by atoms with Crippen LogP contribution in [0, 0.1) is 5.92 Å². The second-order valence-corrected chi connectivity index (χ2v) is 10.8. The summed E-state index contributed by atoms with van der Waals surface area (Å²) in [7, 11) is 3.47. The van der Waals surface area contributed by atoms with Gasteiger partial charge in [0.2, 0.25) is 5.91 Å². The SMILES string of the molecule is CN(C)C(=O)[C@H]1CC[C@H](NC(=O)c2cc3cc(Cl)ccc3[nH]2)[C@@H](NC(=O)c2nc3c(s2)CNC3)C1.Cl. The average molecular weight is 552 g/mol. The number of thiazole rings is 1. The van der Waals surface area contributed by atoms with E-state index in [4.69, 9.17) is 11.6 Å². The summed E-state index contributed by atoms with van der Waals surface area (Å²) < 4.78 is 0. The van der Waals surface area contributed by atoms with Gasteiger partial charge in [-0.3, -0.25) is 14.4 Å². The molecule has 4 N–H and O–H groups in total. The minimum Gasteiger partial charge on any atom is -0.351 e. The number of carbonyl (C=O) groups is 3. The number of amides is 3. The molecule has 2 aliphatic rings. The van der Waals surface area contributed by atoms with Gasteiger partial charge in [0.1, 0.15) is 5.69 Å². The Kier molecular flexibility index (Phi) is 7.89. The molecule has 3 amide bonds. The molecule has 0 unspecified atom stereocenters. The van der Waals surface area contributed by atoms with Crippen molar-refractivity contribution in [2.24, 2.45) is 5.92 Å². The lowest BCUT2D eigenvalue weighted by Gasteiger charge is -2.37. The number of rotatable bonds is 5. The minimum atomic E-state index is -0.398. The van der Waals surface area contributed by atoms with Gasteiger partial charge in [-0.2, -0.15) is 0 Å². The van der Waals surface area contributed by atoms with Gasteiger partial charge in [0, 0.05) is 59.9 Å². The van der Waals surface area contributed by atoms with Gasteiger partial charge < -0.3 is 25.8 Å². The Bertz CT molecular complexity index is 1280. The maximum absolute atomic E-state index is 13.1. The third-order valence-electron chi connectivity index (χ3n) is 6.65. The molecule has 9 nitrogen and oxygen atoms in total. The second-order valence-electron chi connectivity index (χ2n) is 9.31. The predicted molar refractivity (Wildman–Crippen MR) is 142 cm³/mol. The van der Waals surface area contributed by atoms with E-state index >= 15 is 0 Å². The highest BCUT2D eigenvalue weighted by molar-refractivity contribution is 7.13. The number of carbonyl (C=O) groups excluding carboxylic acids is 3. The van der Waals surface area contributed by atoms with Crippen LogP contribution in [0.15, 0.2) is 24.3 Å². The first kappa shape index (κ1) is 26.4. The fraction of sp³-hybridized carbons (Fsp3) is 0.417. The normalized spacial score (nSPS) is 20.9. The lowest BCUT2D eigenvalue weighted by Crippen LogP contribution is -2.56. The number of benzene rings is 1. The fourth-order valence-corrected chi connectivity index (χ4v) is 5.98. The summed E-state index contributed by atoms with van der Waals surface area (Å²) >= 11 is 7.46. The van der Waals surface area contributed by atoms with Crippen LogP contribution in [0.25, 0.3) is 10.9 Å². The van der Waals surface area contributed by atoms with Gasteiger partial charge in [0.15, 0.2) is 5.01 Å². The number of hydrogen-bond donors (Lipinski definition) is 4. The first-order chi connectivity index (χ1) is 16.8. The van der Waals surface area contributed by atoms with Crippen LogP contribution in [0.2, 0.25) is 5.02 Å². The largest absolute Gasteiger partial charge is 0.351 e. The highest BCUT2D eigenvalue weighted by Gasteiger charge is 2.37. The minimum absolute atomic E-state index is 0. The summed E-state index contributed by atoms with van der Waals surface area (Å²) in [6, 6.07) is 6.44. The van der Waals surface area contributed by atoms with Crippen LogP contribution >= 0.6 is 35.3 Å². The van der Waals surface area contributed by atoms with Gasteiger partial charge in [-0.25, -0.2) is 4.98 Å². The number of hydrogen-bond acceptors (Lipinski definition) is 6. The summed E-state index contributed by atoms with van der Waals surface area (Å²) in [4.78, 5) is 49.1. The lowest BCUT2D eigenvalue weighted by molar-refractivity contribution is -0.134. The Morgan fingerprint density at radius 3 is 2.61 bits per heavy atom. The average Bonchev–Trinajstić information content (AvgIpc) is 3.54. The van der Waals surface area contributed by atoms with E-state index < -0.39 is 6.04 Å². The molecule has 0 radical (unpaired) electrons. The Balaban J connectivity index is 0.00000304. The van der Waals surface area contributed by atoms with Crippen LogP contribution in [-0.2, 0) is 17.9 Å². The lowest BCUT2D eigenvalue weighted by atomic mass is 9.81. The molecule has 192 valence electrons. The molecule has 0 saturated heterocycles. The van der Waals surface area contributed by atoms with E-state index in [1.165, 1.54) is 11.3 Å². The highest BCUT2D eigenvalue weighted by atomic mass is 35.5. The van der Waals surface area contributed by atoms with Crippen LogP contribution in [0.5, 0.6) is 0 Å². The van der Waals surface area contributed by atoms with Crippen LogP contribution in [-0.4, -0.2) is 58.8 Å². The zero-order chi connectivity index (χ0) is 24.7. The van der Waals surface area contributed by atoms with E-state index in [2.05, 4.69) is 25.9 Å². The van der Waals surface area contributed by atoms with Crippen molar-refractivity contribution in [2.45, 2.75) is 44.4 Å². The number of nitrogens with zero attached hydrogens (tertiary/aromatic N) is 2. The number of aromatic nitrogens is 2. The van der Waals surface area contributed by atoms with E-state index in [1.54, 1.807) is 37.2 Å². The summed E-state index contributed by atoms with van der Waals surface area (Å²) in [6.07, 6.45) is 1.65. The Labute approximate surface area is 223 Å². The molecule has 36 heavy (non-hydrogen) atoms. The monoisotopic (exact) mass is 550 g/mol. The van der Waals surface area contributed by atoms with Crippen molar-refractivity contribution in [3.63, 3.8) is 0 Å². The van der Waals surface area contributed by atoms with Crippen molar-refractivity contribution in [3.8, 4) is 0 Å². The van der Waals surface area contributed by atoms with Gasteiger partial charge in [-0.05, 0) is 43.5 Å². The standard InChI is InChI=1S/C24H27ClN6O3S.ClH/c1-31(2)24(34)12-3-5-16(28-21(32)18-9-13-7-14(25)4-6-15(13)27-18)17(8-12)29-22(33)23-30-19-10-26-11-20(19)35-23;/h4,6-7,9,12,16-17,26-27H,3,5,8,10-11H2,1-2H3,(H,28,32)(H,29,33);1H/t12-,16-,17-;/m0./s1. The van der Waals surface area contributed by atoms with E-state index in [-0.39, 0.29) is 42.1 Å². The van der Waals surface area contributed by atoms with Crippen LogP contribution in [0.1, 0.15) is 50.1 Å². The number of nitrogens with one attached hydrogen (secondary N) is 4. The molecule has 12 heteroatoms. The summed E-state index contributed by atoms with van der Waals surface area (Å²) in [6.45, 7) is 1.38. The zero-order valence-corrected chi connectivity index (χ0v) is 22.3. The molecule has 3 aromatic rings. The third-order valence-corrected chi connectivity index (χ3v) is 7.98. The molecule has 1 saturated carbocycles. The molecule has 2 aromatic heterocycles. The van der Waals surface area contributed by atoms with Crippen molar-refractivity contribution in [1.82, 2.24) is 30.8 Å². The molecular weight excluding hydrogens is 523 g/mol. The molecule has 3 heterocycles. The molecular formula is C24H28Cl2N6O3S. The molecule has 1 aliphatic heterocycles. The maximum atomic E-state index is 13.1. The highest BCUT2D eigenvalue weighted by Crippen LogP contribution is 2.28. The van der Waals surface area contributed by atoms with Gasteiger partial charge >= 0.3 is 0 Å². The maximum Gasteiger partial charge on any atom is 0.280 e. The summed E-state index contributed by atoms with van der Waals surface area (Å²) in [5, 5.41) is 11.2. The Morgan fingerprint density at radius 2 is 1.86 bits per heavy atom. The smallest absolute Gasteiger partial charge is 0.280 e. The molecule has 3 atom stereocenters. The summed E-state index contributed by atoms with van der Waals surface area (Å²) in [5.41, 5.74) is 2.15. The van der Waals surface area contributed by atoms with E-state index in [1.807, 2.05) is 6.07 Å². The van der Waals surface area contributed by atoms with Gasteiger partial charge in [0.05, 0.1) is 11.7 Å². The molecule has 5 rings (SSSR count). The van der Waals surface area contributed by atoms with Crippen LogP contribution < -0.4 is 16.0 Å². The number of fused-ring (bicyclic) bond motifs is 2. The summed E-state index contributed by atoms with van der Waals surface area (Å²) in [5.74, 6) is -0.727. The van der Waals surface area contributed by atoms with Crippen molar-refractivity contribution in [3.05, 3.63) is 50.6 Å². The van der Waals surface area contributed by atoms with Crippen LogP contribution in [0.3, 0.4) is 0 Å². The first-order valence-electron chi connectivity index (χ1n) is 11.6. The fourth-order valence-electron chi connectivity index (χ4n) is 4.85. The Hall–Kier alpha value is -2.66. The van der Waals surface area contributed by atoms with Crippen molar-refractivity contribution in [1.29, 1.82) is 0 Å². The van der Waals surface area contributed by atoms with Gasteiger partial charge in [0.25, 0.3) is 11.8 Å². The van der Waals surface area contributed by atoms with E-state index in [0.29, 0.717) is 41.5 Å². The molecule has 1 aliphatic carbocycles. The molecule has 0 bridgehead atoms. The first-order valence-corrected chi connectivity index (χ1v) is 12.8. The number of aromatic amines is 1. The predicted octanol–water partition coefficient (Wildman–Crippen LogP) is 3.09. The third kappa shape index (κ3) is 5.36. The molecule has 0 spiro atoms. The van der Waals surface area contributed by atoms with Crippen molar-refractivity contribution < 1.29 is 14.4 Å². The van der Waals surface area contributed by atoms with E-state index in [0.717, 1.165) is 28.0 Å². The van der Waals surface area contributed by atoms with Gasteiger partial charge in [-0.1, -0.05) is 11.6 Å². The molecule has 1 aromatic carbocycles. The number of H-pyrrole nitrogens is 1. The number of halogens is 2. The van der Waals surface area contributed by atoms with Crippen molar-refractivity contribution in [2.75, 3.05) is 14.1 Å². The van der Waals surface area contributed by atoms with E-state index in [9.17, 15) is 14.4 Å².